The van der Waals surface area contributed by atoms with E-state index in [1.165, 1.54) is 0 Å². The Balaban J connectivity index is 2.33. The molecule has 100 valence electrons. The molecule has 1 amide bonds. The van der Waals surface area contributed by atoms with Crippen molar-refractivity contribution in [1.29, 1.82) is 0 Å². The van der Waals surface area contributed by atoms with E-state index in [9.17, 15) is 4.79 Å². The Morgan fingerprint density at radius 1 is 1.42 bits per heavy atom. The van der Waals surface area contributed by atoms with Crippen LogP contribution in [-0.4, -0.2) is 21.5 Å². The minimum absolute atomic E-state index is 0.00627. The highest BCUT2D eigenvalue weighted by molar-refractivity contribution is 7.80. The Bertz CT molecular complexity index is 631. The lowest BCUT2D eigenvalue weighted by atomic mass is 10.1. The maximum Gasteiger partial charge on any atom is 0.240 e. The maximum absolute atomic E-state index is 11.8. The lowest BCUT2D eigenvalue weighted by Gasteiger charge is -2.10. The van der Waals surface area contributed by atoms with Gasteiger partial charge in [0.05, 0.1) is 0 Å². The second-order valence-electron chi connectivity index (χ2n) is 4.77. The molecule has 0 saturated heterocycles. The number of carbonyl (C=O) groups excluding carboxylic acids is 1. The standard InChI is InChI=1S/C14H17N3OS/c1-9(2)16-13(18)8-17-7-6-10-11(14(15)19)4-3-5-12(10)17/h3-7,9H,8H2,1-2H3,(H2,15,19)(H,16,18). The predicted octanol–water partition coefficient (Wildman–Crippen LogP) is 1.80. The number of rotatable bonds is 4. The van der Waals surface area contributed by atoms with Gasteiger partial charge in [-0.2, -0.15) is 0 Å². The summed E-state index contributed by atoms with van der Waals surface area (Å²) in [5.41, 5.74) is 7.50. The Morgan fingerprint density at radius 2 is 2.16 bits per heavy atom. The third-order valence-electron chi connectivity index (χ3n) is 2.84. The Kier molecular flexibility index (Phi) is 3.85. The van der Waals surface area contributed by atoms with E-state index in [-0.39, 0.29) is 11.9 Å². The normalized spacial score (nSPS) is 10.9. The van der Waals surface area contributed by atoms with E-state index >= 15 is 0 Å². The Morgan fingerprint density at radius 3 is 2.79 bits per heavy atom. The first-order valence-corrected chi connectivity index (χ1v) is 6.57. The molecular weight excluding hydrogens is 258 g/mol. The molecule has 2 aromatic rings. The molecule has 0 aliphatic heterocycles. The molecule has 0 bridgehead atoms. The summed E-state index contributed by atoms with van der Waals surface area (Å²) in [5.74, 6) is -0.00627. The summed E-state index contributed by atoms with van der Waals surface area (Å²) in [4.78, 5) is 12.2. The summed E-state index contributed by atoms with van der Waals surface area (Å²) in [6.45, 7) is 4.18. The van der Waals surface area contributed by atoms with Crippen LogP contribution in [0.1, 0.15) is 19.4 Å². The van der Waals surface area contributed by atoms with E-state index in [4.69, 9.17) is 18.0 Å². The van der Waals surface area contributed by atoms with Crippen LogP contribution in [0.25, 0.3) is 10.9 Å². The number of carbonyl (C=O) groups is 1. The summed E-state index contributed by atoms with van der Waals surface area (Å²) in [7, 11) is 0. The SMILES string of the molecule is CC(C)NC(=O)Cn1ccc2c(C(N)=S)cccc21. The Labute approximate surface area is 117 Å². The number of thiocarbonyl (C=S) groups is 1. The molecule has 1 heterocycles. The lowest BCUT2D eigenvalue weighted by molar-refractivity contribution is -0.122. The van der Waals surface area contributed by atoms with Crippen molar-refractivity contribution in [2.24, 2.45) is 5.73 Å². The molecule has 19 heavy (non-hydrogen) atoms. The molecular formula is C14H17N3OS. The van der Waals surface area contributed by atoms with Crippen molar-refractivity contribution in [3.05, 3.63) is 36.0 Å². The van der Waals surface area contributed by atoms with Crippen molar-refractivity contribution in [2.45, 2.75) is 26.4 Å². The third kappa shape index (κ3) is 2.93. The van der Waals surface area contributed by atoms with E-state index in [0.717, 1.165) is 16.5 Å². The number of fused-ring (bicyclic) bond motifs is 1. The molecule has 5 heteroatoms. The number of nitrogens with one attached hydrogen (secondary N) is 1. The molecule has 0 radical (unpaired) electrons. The van der Waals surface area contributed by atoms with Gasteiger partial charge in [0.1, 0.15) is 11.5 Å². The summed E-state index contributed by atoms with van der Waals surface area (Å²) in [6, 6.07) is 7.82. The number of amides is 1. The van der Waals surface area contributed by atoms with Crippen molar-refractivity contribution in [1.82, 2.24) is 9.88 Å². The van der Waals surface area contributed by atoms with Gasteiger partial charge in [-0.25, -0.2) is 0 Å². The van der Waals surface area contributed by atoms with E-state index < -0.39 is 0 Å². The lowest BCUT2D eigenvalue weighted by Crippen LogP contribution is -2.32. The largest absolute Gasteiger partial charge is 0.389 e. The molecule has 0 fully saturated rings. The zero-order valence-corrected chi connectivity index (χ0v) is 11.8. The number of hydrogen-bond donors (Lipinski definition) is 2. The summed E-state index contributed by atoms with van der Waals surface area (Å²) in [6.07, 6.45) is 1.88. The van der Waals surface area contributed by atoms with Gasteiger partial charge in [0, 0.05) is 28.7 Å². The summed E-state index contributed by atoms with van der Waals surface area (Å²) < 4.78 is 1.90. The third-order valence-corrected chi connectivity index (χ3v) is 3.06. The molecule has 0 aliphatic rings. The second kappa shape index (κ2) is 5.40. The summed E-state index contributed by atoms with van der Waals surface area (Å²) >= 11 is 5.03. The van der Waals surface area contributed by atoms with Gasteiger partial charge >= 0.3 is 0 Å². The number of hydrogen-bond acceptors (Lipinski definition) is 2. The van der Waals surface area contributed by atoms with Crippen LogP contribution in [-0.2, 0) is 11.3 Å². The first kappa shape index (κ1) is 13.5. The van der Waals surface area contributed by atoms with Crippen LogP contribution in [0.3, 0.4) is 0 Å². The minimum Gasteiger partial charge on any atom is -0.389 e. The second-order valence-corrected chi connectivity index (χ2v) is 5.21. The first-order chi connectivity index (χ1) is 8.99. The van der Waals surface area contributed by atoms with E-state index in [1.54, 1.807) is 0 Å². The van der Waals surface area contributed by atoms with Crippen LogP contribution in [0.15, 0.2) is 30.5 Å². The zero-order valence-electron chi connectivity index (χ0n) is 11.0. The van der Waals surface area contributed by atoms with Gasteiger partial charge in [-0.15, -0.1) is 0 Å². The number of aromatic nitrogens is 1. The molecule has 1 aromatic heterocycles. The van der Waals surface area contributed by atoms with Crippen LogP contribution in [0.5, 0.6) is 0 Å². The number of nitrogens with zero attached hydrogens (tertiary/aromatic N) is 1. The topological polar surface area (TPSA) is 60.0 Å². The van der Waals surface area contributed by atoms with E-state index in [0.29, 0.717) is 11.5 Å². The average Bonchev–Trinajstić information content (AvgIpc) is 2.71. The van der Waals surface area contributed by atoms with Crippen molar-refractivity contribution < 1.29 is 4.79 Å². The number of benzene rings is 1. The van der Waals surface area contributed by atoms with Gasteiger partial charge in [0.2, 0.25) is 5.91 Å². The van der Waals surface area contributed by atoms with Crippen LogP contribution in [0.4, 0.5) is 0 Å². The monoisotopic (exact) mass is 275 g/mol. The fraction of sp³-hybridized carbons (Fsp3) is 0.286. The zero-order chi connectivity index (χ0) is 14.0. The summed E-state index contributed by atoms with van der Waals surface area (Å²) in [5, 5.41) is 3.85. The van der Waals surface area contributed by atoms with Crippen LogP contribution in [0.2, 0.25) is 0 Å². The van der Waals surface area contributed by atoms with E-state index in [2.05, 4.69) is 5.32 Å². The molecule has 0 spiro atoms. The van der Waals surface area contributed by atoms with Gasteiger partial charge < -0.3 is 15.6 Å². The van der Waals surface area contributed by atoms with Gasteiger partial charge in [-0.1, -0.05) is 24.4 Å². The van der Waals surface area contributed by atoms with Gasteiger partial charge in [-0.3, -0.25) is 4.79 Å². The smallest absolute Gasteiger partial charge is 0.240 e. The minimum atomic E-state index is -0.00627. The Hall–Kier alpha value is -1.88. The van der Waals surface area contributed by atoms with Crippen LogP contribution in [0, 0.1) is 0 Å². The highest BCUT2D eigenvalue weighted by Crippen LogP contribution is 2.20. The van der Waals surface area contributed by atoms with Gasteiger partial charge in [0.25, 0.3) is 0 Å². The highest BCUT2D eigenvalue weighted by atomic mass is 32.1. The fourth-order valence-electron chi connectivity index (χ4n) is 2.10. The van der Waals surface area contributed by atoms with Gasteiger partial charge in [-0.05, 0) is 26.0 Å². The van der Waals surface area contributed by atoms with Crippen molar-refractivity contribution in [3.8, 4) is 0 Å². The van der Waals surface area contributed by atoms with Crippen LogP contribution < -0.4 is 11.1 Å². The molecule has 1 aromatic carbocycles. The average molecular weight is 275 g/mol. The van der Waals surface area contributed by atoms with Crippen molar-refractivity contribution >= 4 is 34.0 Å². The van der Waals surface area contributed by atoms with Crippen LogP contribution >= 0.6 is 12.2 Å². The highest BCUT2D eigenvalue weighted by Gasteiger charge is 2.10. The molecule has 0 saturated carbocycles. The fourth-order valence-corrected chi connectivity index (χ4v) is 2.28. The van der Waals surface area contributed by atoms with Gasteiger partial charge in [0.15, 0.2) is 0 Å². The quantitative estimate of drug-likeness (QED) is 0.837. The molecule has 0 atom stereocenters. The van der Waals surface area contributed by atoms with Crippen molar-refractivity contribution in [2.75, 3.05) is 0 Å². The predicted molar refractivity (Wildman–Crippen MR) is 81.1 cm³/mol. The van der Waals surface area contributed by atoms with Crippen molar-refractivity contribution in [3.63, 3.8) is 0 Å². The molecule has 2 rings (SSSR count). The maximum atomic E-state index is 11.8. The molecule has 4 nitrogen and oxygen atoms in total. The molecule has 0 unspecified atom stereocenters. The first-order valence-electron chi connectivity index (χ1n) is 6.16. The number of nitrogens with two attached hydrogens (primary N) is 1. The molecule has 3 N–H and O–H groups in total. The van der Waals surface area contributed by atoms with E-state index in [1.807, 2.05) is 48.9 Å². The molecule has 0 aliphatic carbocycles.